The molecule has 0 bridgehead atoms. The quantitative estimate of drug-likeness (QED) is 0.336. The number of hydrogen-bond donors (Lipinski definition) is 2. The third-order valence-corrected chi connectivity index (χ3v) is 2.87. The number of rotatable bonds is 7. The van der Waals surface area contributed by atoms with Crippen LogP contribution in [0.4, 0.5) is 0 Å². The molecule has 2 N–H and O–H groups in total. The van der Waals surface area contributed by atoms with Gasteiger partial charge in [0.15, 0.2) is 5.82 Å². The summed E-state index contributed by atoms with van der Waals surface area (Å²) >= 11 is 0. The van der Waals surface area contributed by atoms with E-state index < -0.39 is 0 Å². The Labute approximate surface area is 129 Å². The van der Waals surface area contributed by atoms with Gasteiger partial charge in [-0.2, -0.15) is 0 Å². The second-order valence-electron chi connectivity index (χ2n) is 4.60. The maximum Gasteiger partial charge on any atom is 0.291 e. The number of nitrogens with zero attached hydrogens (tertiary/aromatic N) is 2. The van der Waals surface area contributed by atoms with Crippen molar-refractivity contribution >= 4 is 18.1 Å². The summed E-state index contributed by atoms with van der Waals surface area (Å²) in [5.41, 5.74) is 0.926. The molecule has 0 aliphatic heterocycles. The van der Waals surface area contributed by atoms with Crippen molar-refractivity contribution in [1.82, 2.24) is 20.2 Å². The van der Waals surface area contributed by atoms with Crippen LogP contribution < -0.4 is 10.6 Å². The topological polar surface area (TPSA) is 93.1 Å². The van der Waals surface area contributed by atoms with Crippen molar-refractivity contribution in [3.63, 3.8) is 0 Å². The predicted molar refractivity (Wildman–Crippen MR) is 81.9 cm³/mol. The van der Waals surface area contributed by atoms with Crippen LogP contribution in [0.25, 0.3) is 0 Å². The highest BCUT2D eigenvalue weighted by atomic mass is 16.2. The van der Waals surface area contributed by atoms with Gasteiger partial charge in [-0.15, -0.1) is 0 Å². The lowest BCUT2D eigenvalue weighted by Gasteiger charge is -2.08. The first-order valence-electron chi connectivity index (χ1n) is 6.84. The Kier molecular flexibility index (Phi) is 6.75. The van der Waals surface area contributed by atoms with E-state index in [1.54, 1.807) is 43.8 Å². The second-order valence-corrected chi connectivity index (χ2v) is 4.60. The van der Waals surface area contributed by atoms with Crippen LogP contribution in [0.5, 0.6) is 0 Å². The zero-order valence-electron chi connectivity index (χ0n) is 12.9. The Morgan fingerprint density at radius 2 is 2.14 bits per heavy atom. The number of imidazole rings is 1. The highest BCUT2D eigenvalue weighted by Gasteiger charge is 2.12. The van der Waals surface area contributed by atoms with E-state index in [1.165, 1.54) is 6.20 Å². The summed E-state index contributed by atoms with van der Waals surface area (Å²) in [6, 6.07) is 0. The molecule has 0 spiro atoms. The highest BCUT2D eigenvalue weighted by molar-refractivity contribution is 5.95. The molecule has 0 unspecified atom stereocenters. The van der Waals surface area contributed by atoms with Crippen molar-refractivity contribution in [3.8, 4) is 0 Å². The van der Waals surface area contributed by atoms with Crippen molar-refractivity contribution in [2.24, 2.45) is 7.05 Å². The van der Waals surface area contributed by atoms with Crippen molar-refractivity contribution in [3.05, 3.63) is 41.6 Å². The van der Waals surface area contributed by atoms with Crippen LogP contribution in [0.3, 0.4) is 0 Å². The van der Waals surface area contributed by atoms with Gasteiger partial charge >= 0.3 is 0 Å². The van der Waals surface area contributed by atoms with E-state index in [0.29, 0.717) is 11.3 Å². The average Bonchev–Trinajstić information content (AvgIpc) is 2.92. The van der Waals surface area contributed by atoms with Crippen LogP contribution in [-0.4, -0.2) is 34.2 Å². The minimum Gasteiger partial charge on any atom is -0.352 e. The fourth-order valence-electron chi connectivity index (χ4n) is 1.65. The van der Waals surface area contributed by atoms with E-state index in [9.17, 15) is 14.4 Å². The smallest absolute Gasteiger partial charge is 0.291 e. The molecule has 0 saturated carbocycles. The van der Waals surface area contributed by atoms with Gasteiger partial charge in [0.05, 0.1) is 0 Å². The van der Waals surface area contributed by atoms with E-state index in [1.807, 2.05) is 0 Å². The lowest BCUT2D eigenvalue weighted by Crippen LogP contribution is -2.27. The molecule has 0 saturated heterocycles. The lowest BCUT2D eigenvalue weighted by molar-refractivity contribution is -0.117. The van der Waals surface area contributed by atoms with Gasteiger partial charge in [0.1, 0.15) is 6.29 Å². The summed E-state index contributed by atoms with van der Waals surface area (Å²) in [5.74, 6) is -0.362. The fraction of sp³-hybridized carbons (Fsp3) is 0.333. The lowest BCUT2D eigenvalue weighted by atomic mass is 10.2. The van der Waals surface area contributed by atoms with Gasteiger partial charge in [0.25, 0.3) is 5.91 Å². The third kappa shape index (κ3) is 5.01. The summed E-state index contributed by atoms with van der Waals surface area (Å²) in [6.07, 6.45) is 7.47. The first-order chi connectivity index (χ1) is 10.5. The maximum atomic E-state index is 12.1. The molecule has 0 aliphatic rings. The number of aldehydes is 1. The van der Waals surface area contributed by atoms with Crippen LogP contribution in [0.2, 0.25) is 0 Å². The van der Waals surface area contributed by atoms with E-state index in [0.717, 1.165) is 6.29 Å². The molecule has 1 aromatic rings. The summed E-state index contributed by atoms with van der Waals surface area (Å²) < 4.78 is 1.60. The molecule has 1 rings (SSSR count). The number of hydrogen-bond acceptors (Lipinski definition) is 4. The standard InChI is InChI=1S/C15H20N4O3/c1-4-12(10-11(2)14(21)17-6-5-9-20)18-15(22)13-16-7-8-19(13)3/h4,7-10H,5-6H2,1-3H3,(H,17,21)(H,18,22)/b11-10+,12-4+. The van der Waals surface area contributed by atoms with E-state index in [4.69, 9.17) is 0 Å². The van der Waals surface area contributed by atoms with Gasteiger partial charge in [-0.1, -0.05) is 6.08 Å². The summed E-state index contributed by atoms with van der Waals surface area (Å²) in [4.78, 5) is 38.0. The summed E-state index contributed by atoms with van der Waals surface area (Å²) in [7, 11) is 1.72. The van der Waals surface area contributed by atoms with Crippen molar-refractivity contribution in [2.75, 3.05) is 6.54 Å². The first-order valence-corrected chi connectivity index (χ1v) is 6.84. The Morgan fingerprint density at radius 3 is 2.68 bits per heavy atom. The van der Waals surface area contributed by atoms with Crippen molar-refractivity contribution < 1.29 is 14.4 Å². The molecule has 22 heavy (non-hydrogen) atoms. The van der Waals surface area contributed by atoms with Gasteiger partial charge < -0.3 is 20.0 Å². The Hall–Kier alpha value is -2.70. The molecule has 0 aromatic carbocycles. The second kappa shape index (κ2) is 8.56. The van der Waals surface area contributed by atoms with Crippen molar-refractivity contribution in [2.45, 2.75) is 20.3 Å². The molecule has 0 radical (unpaired) electrons. The van der Waals surface area contributed by atoms with E-state index >= 15 is 0 Å². The maximum absolute atomic E-state index is 12.1. The Morgan fingerprint density at radius 1 is 1.41 bits per heavy atom. The van der Waals surface area contributed by atoms with Crippen molar-refractivity contribution in [1.29, 1.82) is 0 Å². The number of nitrogens with one attached hydrogen (secondary N) is 2. The van der Waals surface area contributed by atoms with Gasteiger partial charge in [-0.3, -0.25) is 9.59 Å². The normalized spacial score (nSPS) is 12.0. The fourth-order valence-corrected chi connectivity index (χ4v) is 1.65. The number of carbonyl (C=O) groups is 3. The molecule has 2 amide bonds. The summed E-state index contributed by atoms with van der Waals surface area (Å²) in [5, 5.41) is 5.30. The van der Waals surface area contributed by atoms with Crippen LogP contribution in [-0.2, 0) is 16.6 Å². The molecule has 0 fully saturated rings. The van der Waals surface area contributed by atoms with Gasteiger partial charge in [-0.25, -0.2) is 4.98 Å². The molecular weight excluding hydrogens is 284 g/mol. The number of aromatic nitrogens is 2. The summed E-state index contributed by atoms with van der Waals surface area (Å²) in [6.45, 7) is 3.67. The molecular formula is C15H20N4O3. The monoisotopic (exact) mass is 304 g/mol. The zero-order valence-corrected chi connectivity index (χ0v) is 12.9. The number of amides is 2. The van der Waals surface area contributed by atoms with Crippen LogP contribution in [0, 0.1) is 0 Å². The molecule has 0 aliphatic carbocycles. The number of allylic oxidation sites excluding steroid dienone is 2. The molecule has 118 valence electrons. The third-order valence-electron chi connectivity index (χ3n) is 2.87. The van der Waals surface area contributed by atoms with E-state index in [-0.39, 0.29) is 30.6 Å². The molecule has 0 atom stereocenters. The van der Waals surface area contributed by atoms with Gasteiger partial charge in [0, 0.05) is 43.7 Å². The average molecular weight is 304 g/mol. The van der Waals surface area contributed by atoms with Gasteiger partial charge in [0.2, 0.25) is 5.91 Å². The highest BCUT2D eigenvalue weighted by Crippen LogP contribution is 2.02. The molecule has 7 nitrogen and oxygen atoms in total. The Balaban J connectivity index is 2.70. The predicted octanol–water partition coefficient (Wildman–Crippen LogP) is 0.705. The van der Waals surface area contributed by atoms with Crippen LogP contribution in [0.1, 0.15) is 30.9 Å². The minimum absolute atomic E-state index is 0.269. The number of aryl methyl sites for hydroxylation is 1. The zero-order chi connectivity index (χ0) is 16.5. The SMILES string of the molecule is C/C=C(\C=C(/C)C(=O)NCCC=O)NC(=O)c1nccn1C. The molecule has 1 aromatic heterocycles. The largest absolute Gasteiger partial charge is 0.352 e. The first kappa shape index (κ1) is 17.4. The van der Waals surface area contributed by atoms with E-state index in [2.05, 4.69) is 15.6 Å². The molecule has 7 heteroatoms. The number of carbonyl (C=O) groups excluding carboxylic acids is 3. The Bertz CT molecular complexity index is 614. The van der Waals surface area contributed by atoms with Crippen LogP contribution >= 0.6 is 0 Å². The van der Waals surface area contributed by atoms with Gasteiger partial charge in [-0.05, 0) is 19.9 Å². The van der Waals surface area contributed by atoms with Crippen LogP contribution in [0.15, 0.2) is 35.8 Å². The molecule has 1 heterocycles. The minimum atomic E-state index is -0.356.